The van der Waals surface area contributed by atoms with Gasteiger partial charge in [0.1, 0.15) is 11.5 Å². The molecule has 1 aliphatic heterocycles. The van der Waals surface area contributed by atoms with Crippen LogP contribution in [-0.2, 0) is 10.0 Å². The van der Waals surface area contributed by atoms with Crippen molar-refractivity contribution in [2.45, 2.75) is 30.2 Å². The van der Waals surface area contributed by atoms with Crippen LogP contribution >= 0.6 is 0 Å². The topological polar surface area (TPSA) is 131 Å². The van der Waals surface area contributed by atoms with Gasteiger partial charge in [-0.2, -0.15) is 0 Å². The number of benzene rings is 3. The van der Waals surface area contributed by atoms with E-state index in [1.807, 2.05) is 19.1 Å². The number of aromatic hydroxyl groups is 1. The van der Waals surface area contributed by atoms with Crippen molar-refractivity contribution in [3.8, 4) is 11.5 Å². The minimum absolute atomic E-state index is 0.0223. The molecule has 9 nitrogen and oxygen atoms in total. The van der Waals surface area contributed by atoms with Crippen molar-refractivity contribution in [3.05, 3.63) is 94.1 Å². The molecule has 0 fully saturated rings. The molecule has 1 heterocycles. The summed E-state index contributed by atoms with van der Waals surface area (Å²) in [6.45, 7) is 2.40. The molecule has 3 aromatic carbocycles. The molecule has 0 saturated carbocycles. The van der Waals surface area contributed by atoms with Crippen LogP contribution in [0.4, 0.5) is 17.1 Å². The molecule has 3 N–H and O–H groups in total. The normalized spacial score (nSPS) is 20.2. The number of rotatable bonds is 7. The number of phenolic OH excluding ortho intramolecular Hbond substituents is 1. The lowest BCUT2D eigenvalue weighted by Gasteiger charge is -2.37. The van der Waals surface area contributed by atoms with Gasteiger partial charge in [0.25, 0.3) is 15.7 Å². The summed E-state index contributed by atoms with van der Waals surface area (Å²) in [5, 5.41) is 25.2. The standard InChI is InChI=1S/C26H25N3O6S/c1-2-35-18-9-6-16(7-10-18)28-36(33,34)19-11-12-24-22(15-19)20-4-3-5-21(20)26(27-24)23-14-17(29(31)32)8-13-25(23)30/h3-4,6-15,20-21,26-28,30H,2,5H2,1H3. The number of non-ortho nitro benzene ring substituents is 1. The van der Waals surface area contributed by atoms with Crippen LogP contribution in [0.15, 0.2) is 77.7 Å². The van der Waals surface area contributed by atoms with Gasteiger partial charge in [-0.05, 0) is 73.4 Å². The number of ether oxygens (including phenoxy) is 1. The van der Waals surface area contributed by atoms with Crippen LogP contribution in [0.2, 0.25) is 0 Å². The van der Waals surface area contributed by atoms with Gasteiger partial charge in [-0.25, -0.2) is 8.42 Å². The Morgan fingerprint density at radius 3 is 2.61 bits per heavy atom. The molecule has 1 aliphatic carbocycles. The van der Waals surface area contributed by atoms with Gasteiger partial charge < -0.3 is 15.2 Å². The molecule has 3 aromatic rings. The number of nitro benzene ring substituents is 1. The van der Waals surface area contributed by atoms with Crippen molar-refractivity contribution in [1.82, 2.24) is 0 Å². The zero-order valence-electron chi connectivity index (χ0n) is 19.4. The van der Waals surface area contributed by atoms with Gasteiger partial charge >= 0.3 is 0 Å². The summed E-state index contributed by atoms with van der Waals surface area (Å²) in [4.78, 5) is 10.9. The SMILES string of the molecule is CCOc1ccc(NS(=O)(=O)c2ccc3c(c2)C2C=CCC2C(c2cc([N+](=O)[O-])ccc2O)N3)cc1. The molecule has 3 atom stereocenters. The predicted molar refractivity (Wildman–Crippen MR) is 136 cm³/mol. The molecule has 186 valence electrons. The molecule has 0 radical (unpaired) electrons. The first-order valence-electron chi connectivity index (χ1n) is 11.6. The zero-order chi connectivity index (χ0) is 25.4. The summed E-state index contributed by atoms with van der Waals surface area (Å²) in [6.07, 6.45) is 4.74. The van der Waals surface area contributed by atoms with Crippen molar-refractivity contribution >= 4 is 27.1 Å². The molecule has 2 aliphatic rings. The van der Waals surface area contributed by atoms with E-state index in [-0.39, 0.29) is 34.2 Å². The van der Waals surface area contributed by atoms with Crippen molar-refractivity contribution in [2.75, 3.05) is 16.6 Å². The predicted octanol–water partition coefficient (Wildman–Crippen LogP) is 5.33. The average molecular weight is 508 g/mol. The van der Waals surface area contributed by atoms with E-state index in [1.165, 1.54) is 24.3 Å². The van der Waals surface area contributed by atoms with Crippen molar-refractivity contribution in [3.63, 3.8) is 0 Å². The molecule has 0 aromatic heterocycles. The summed E-state index contributed by atoms with van der Waals surface area (Å²) in [5.74, 6) is 0.489. The number of sulfonamides is 1. The Balaban J connectivity index is 1.46. The van der Waals surface area contributed by atoms with Gasteiger partial charge in [-0.1, -0.05) is 12.2 Å². The van der Waals surface area contributed by atoms with Crippen molar-refractivity contribution in [2.24, 2.45) is 5.92 Å². The maximum Gasteiger partial charge on any atom is 0.270 e. The second-order valence-corrected chi connectivity index (χ2v) is 10.5. The quantitative estimate of drug-likeness (QED) is 0.224. The third-order valence-corrected chi connectivity index (χ3v) is 8.00. The summed E-state index contributed by atoms with van der Waals surface area (Å²) in [7, 11) is -3.85. The Morgan fingerprint density at radius 1 is 1.11 bits per heavy atom. The molecular formula is C26H25N3O6S. The summed E-state index contributed by atoms with van der Waals surface area (Å²) >= 11 is 0. The van der Waals surface area contributed by atoms with E-state index >= 15 is 0 Å². The largest absolute Gasteiger partial charge is 0.508 e. The lowest BCUT2D eigenvalue weighted by atomic mass is 9.77. The highest BCUT2D eigenvalue weighted by Gasteiger charge is 2.40. The molecule has 5 rings (SSSR count). The maximum atomic E-state index is 13.1. The number of phenols is 1. The Hall–Kier alpha value is -4.05. The van der Waals surface area contributed by atoms with E-state index < -0.39 is 14.9 Å². The highest BCUT2D eigenvalue weighted by molar-refractivity contribution is 7.92. The van der Waals surface area contributed by atoms with Gasteiger partial charge in [0.2, 0.25) is 0 Å². The number of nitrogens with zero attached hydrogens (tertiary/aromatic N) is 1. The zero-order valence-corrected chi connectivity index (χ0v) is 20.2. The van der Waals surface area contributed by atoms with Crippen molar-refractivity contribution in [1.29, 1.82) is 0 Å². The molecule has 0 bridgehead atoms. The first-order chi connectivity index (χ1) is 17.3. The highest BCUT2D eigenvalue weighted by atomic mass is 32.2. The Bertz CT molecular complexity index is 1450. The van der Waals surface area contributed by atoms with Crippen LogP contribution in [0.5, 0.6) is 11.5 Å². The average Bonchev–Trinajstić information content (AvgIpc) is 3.35. The number of hydrogen-bond donors (Lipinski definition) is 3. The van der Waals surface area contributed by atoms with Crippen LogP contribution in [0.3, 0.4) is 0 Å². The second-order valence-electron chi connectivity index (χ2n) is 8.79. The fourth-order valence-corrected chi connectivity index (χ4v) is 6.05. The van der Waals surface area contributed by atoms with Gasteiger partial charge in [-0.15, -0.1) is 0 Å². The fourth-order valence-electron chi connectivity index (χ4n) is 4.95. The minimum Gasteiger partial charge on any atom is -0.508 e. The molecule has 36 heavy (non-hydrogen) atoms. The van der Waals surface area contributed by atoms with E-state index in [4.69, 9.17) is 4.74 Å². The van der Waals surface area contributed by atoms with Gasteiger partial charge in [0.15, 0.2) is 0 Å². The number of hydrogen-bond acceptors (Lipinski definition) is 7. The van der Waals surface area contributed by atoms with E-state index in [2.05, 4.69) is 10.0 Å². The van der Waals surface area contributed by atoms with Crippen LogP contribution < -0.4 is 14.8 Å². The van der Waals surface area contributed by atoms with E-state index in [0.717, 1.165) is 11.3 Å². The summed E-state index contributed by atoms with van der Waals surface area (Å²) < 4.78 is 34.3. The number of nitrogens with one attached hydrogen (secondary N) is 2. The number of nitro groups is 1. The summed E-state index contributed by atoms with van der Waals surface area (Å²) in [5.41, 5.74) is 2.32. The maximum absolute atomic E-state index is 13.1. The van der Waals surface area contributed by atoms with Gasteiger partial charge in [-0.3, -0.25) is 14.8 Å². The molecule has 0 amide bonds. The van der Waals surface area contributed by atoms with E-state index in [0.29, 0.717) is 30.0 Å². The van der Waals surface area contributed by atoms with Gasteiger partial charge in [0, 0.05) is 35.0 Å². The second kappa shape index (κ2) is 9.19. The number of allylic oxidation sites excluding steroid dienone is 2. The summed E-state index contributed by atoms with van der Waals surface area (Å²) in [6, 6.07) is 15.2. The first-order valence-corrected chi connectivity index (χ1v) is 13.1. The smallest absolute Gasteiger partial charge is 0.270 e. The molecule has 0 saturated heterocycles. The first kappa shape index (κ1) is 23.7. The van der Waals surface area contributed by atoms with Gasteiger partial charge in [0.05, 0.1) is 22.5 Å². The fraction of sp³-hybridized carbons (Fsp3) is 0.231. The Kier molecular flexibility index (Phi) is 6.05. The van der Waals surface area contributed by atoms with Crippen LogP contribution in [0, 0.1) is 16.0 Å². The third-order valence-electron chi connectivity index (χ3n) is 6.62. The number of fused-ring (bicyclic) bond motifs is 3. The Labute approximate surface area is 208 Å². The lowest BCUT2D eigenvalue weighted by Crippen LogP contribution is -2.29. The van der Waals surface area contributed by atoms with Crippen molar-refractivity contribution < 1.29 is 23.2 Å². The molecule has 10 heteroatoms. The Morgan fingerprint density at radius 2 is 1.89 bits per heavy atom. The third kappa shape index (κ3) is 4.35. The molecule has 3 unspecified atom stereocenters. The van der Waals surface area contributed by atoms with Crippen LogP contribution in [-0.4, -0.2) is 25.1 Å². The minimum atomic E-state index is -3.85. The number of anilines is 2. The lowest BCUT2D eigenvalue weighted by molar-refractivity contribution is -0.385. The van der Waals surface area contributed by atoms with E-state index in [1.54, 1.807) is 36.4 Å². The molecule has 0 spiro atoms. The molecular weight excluding hydrogens is 482 g/mol. The highest BCUT2D eigenvalue weighted by Crippen LogP contribution is 2.51. The van der Waals surface area contributed by atoms with Crippen LogP contribution in [0.1, 0.15) is 36.4 Å². The van der Waals surface area contributed by atoms with Crippen LogP contribution in [0.25, 0.3) is 0 Å². The van der Waals surface area contributed by atoms with E-state index in [9.17, 15) is 23.6 Å². The monoisotopic (exact) mass is 507 g/mol.